The van der Waals surface area contributed by atoms with Crippen LogP contribution in [0.3, 0.4) is 0 Å². The number of hydrogen-bond acceptors (Lipinski definition) is 2. The summed E-state index contributed by atoms with van der Waals surface area (Å²) in [4.78, 5) is 11.3. The molecule has 0 amide bonds. The van der Waals surface area contributed by atoms with Gasteiger partial charge in [0.25, 0.3) is 0 Å². The third kappa shape index (κ3) is 2.84. The van der Waals surface area contributed by atoms with E-state index in [1.165, 1.54) is 32.3 Å². The van der Waals surface area contributed by atoms with Gasteiger partial charge in [-0.2, -0.15) is 0 Å². The van der Waals surface area contributed by atoms with E-state index in [0.29, 0.717) is 0 Å². The molecule has 1 fully saturated rings. The first-order valence-corrected chi connectivity index (χ1v) is 4.83. The maximum Gasteiger partial charge on any atom is 0.309 e. The van der Waals surface area contributed by atoms with Crippen LogP contribution in [-0.4, -0.2) is 5.97 Å². The largest absolute Gasteiger partial charge is 0.459 e. The van der Waals surface area contributed by atoms with Crippen molar-refractivity contribution < 1.29 is 9.53 Å². The first-order valence-electron chi connectivity index (χ1n) is 4.83. The van der Waals surface area contributed by atoms with Crippen molar-refractivity contribution in [2.75, 3.05) is 0 Å². The summed E-state index contributed by atoms with van der Waals surface area (Å²) in [5, 5.41) is 0. The summed E-state index contributed by atoms with van der Waals surface area (Å²) in [5.74, 6) is 0.142. The van der Waals surface area contributed by atoms with Crippen molar-refractivity contribution in [3.8, 4) is 0 Å². The minimum atomic E-state index is -0.0283. The molecule has 1 aliphatic carbocycles. The van der Waals surface area contributed by atoms with Crippen molar-refractivity contribution in [1.82, 2.24) is 0 Å². The topological polar surface area (TPSA) is 26.3 Å². The Balaban J connectivity index is 2.32. The summed E-state index contributed by atoms with van der Waals surface area (Å²) < 4.78 is 4.87. The average molecular weight is 169 g/mol. The van der Waals surface area contributed by atoms with Crippen molar-refractivity contribution in [3.05, 3.63) is 6.61 Å². The van der Waals surface area contributed by atoms with Gasteiger partial charge in [0.15, 0.2) is 0 Å². The minimum absolute atomic E-state index is 0.0283. The number of rotatable bonds is 2. The second kappa shape index (κ2) is 5.18. The summed E-state index contributed by atoms with van der Waals surface area (Å²) in [6, 6.07) is 0. The van der Waals surface area contributed by atoms with Crippen LogP contribution in [0.15, 0.2) is 0 Å². The van der Waals surface area contributed by atoms with Crippen LogP contribution in [0.4, 0.5) is 0 Å². The van der Waals surface area contributed by atoms with E-state index in [9.17, 15) is 4.79 Å². The number of carbonyl (C=O) groups excluding carboxylic acids is 1. The van der Waals surface area contributed by atoms with Crippen LogP contribution in [0.2, 0.25) is 0 Å². The standard InChI is InChI=1S/C10H17O2/c1-2-12-10(11)9-7-5-3-4-6-8-9/h2,9H,3-8H2,1H3. The van der Waals surface area contributed by atoms with E-state index in [2.05, 4.69) is 0 Å². The molecular weight excluding hydrogens is 152 g/mol. The monoisotopic (exact) mass is 169 g/mol. The lowest BCUT2D eigenvalue weighted by Gasteiger charge is -2.11. The fourth-order valence-corrected chi connectivity index (χ4v) is 1.73. The molecule has 0 spiro atoms. The van der Waals surface area contributed by atoms with E-state index in [-0.39, 0.29) is 11.9 Å². The van der Waals surface area contributed by atoms with Gasteiger partial charge in [0.1, 0.15) is 6.61 Å². The van der Waals surface area contributed by atoms with Gasteiger partial charge in [0.2, 0.25) is 0 Å². The zero-order valence-electron chi connectivity index (χ0n) is 7.71. The van der Waals surface area contributed by atoms with Crippen LogP contribution in [0, 0.1) is 12.5 Å². The van der Waals surface area contributed by atoms with Crippen molar-refractivity contribution in [3.63, 3.8) is 0 Å². The van der Waals surface area contributed by atoms with E-state index in [1.807, 2.05) is 0 Å². The Morgan fingerprint density at radius 2 is 1.83 bits per heavy atom. The highest BCUT2D eigenvalue weighted by molar-refractivity contribution is 5.72. The molecule has 0 N–H and O–H groups in total. The molecule has 0 saturated heterocycles. The van der Waals surface area contributed by atoms with Crippen LogP contribution in [-0.2, 0) is 9.53 Å². The molecule has 0 aliphatic heterocycles. The van der Waals surface area contributed by atoms with Gasteiger partial charge in [-0.15, -0.1) is 0 Å². The van der Waals surface area contributed by atoms with Gasteiger partial charge in [-0.25, -0.2) is 0 Å². The van der Waals surface area contributed by atoms with Gasteiger partial charge in [0.05, 0.1) is 5.92 Å². The van der Waals surface area contributed by atoms with Crippen LogP contribution in [0.5, 0.6) is 0 Å². The molecule has 0 bridgehead atoms. The van der Waals surface area contributed by atoms with Crippen LogP contribution in [0.25, 0.3) is 0 Å². The van der Waals surface area contributed by atoms with E-state index < -0.39 is 0 Å². The third-order valence-corrected chi connectivity index (χ3v) is 2.42. The number of carbonyl (C=O) groups is 1. The van der Waals surface area contributed by atoms with Crippen molar-refractivity contribution >= 4 is 5.97 Å². The van der Waals surface area contributed by atoms with E-state index in [0.717, 1.165) is 12.8 Å². The first kappa shape index (κ1) is 9.56. The fourth-order valence-electron chi connectivity index (χ4n) is 1.73. The predicted molar refractivity (Wildman–Crippen MR) is 47.3 cm³/mol. The number of hydrogen-bond donors (Lipinski definition) is 0. The molecule has 0 unspecified atom stereocenters. The smallest absolute Gasteiger partial charge is 0.309 e. The Labute approximate surface area is 74.3 Å². The zero-order chi connectivity index (χ0) is 8.81. The maximum absolute atomic E-state index is 11.3. The average Bonchev–Trinajstić information content (AvgIpc) is 2.32. The van der Waals surface area contributed by atoms with Gasteiger partial charge in [0, 0.05) is 0 Å². The van der Waals surface area contributed by atoms with E-state index in [4.69, 9.17) is 4.74 Å². The highest BCUT2D eigenvalue weighted by atomic mass is 16.5. The maximum atomic E-state index is 11.3. The van der Waals surface area contributed by atoms with E-state index in [1.54, 1.807) is 6.92 Å². The van der Waals surface area contributed by atoms with Crippen molar-refractivity contribution in [1.29, 1.82) is 0 Å². The van der Waals surface area contributed by atoms with Gasteiger partial charge in [-0.1, -0.05) is 25.7 Å². The molecule has 1 rings (SSSR count). The lowest BCUT2D eigenvalue weighted by Crippen LogP contribution is -2.15. The van der Waals surface area contributed by atoms with Crippen LogP contribution < -0.4 is 0 Å². The van der Waals surface area contributed by atoms with Crippen LogP contribution in [0.1, 0.15) is 45.4 Å². The fraction of sp³-hybridized carbons (Fsp3) is 0.800. The summed E-state index contributed by atoms with van der Waals surface area (Å²) in [6.45, 7) is 3.22. The Hall–Kier alpha value is -0.530. The molecule has 0 atom stereocenters. The first-order chi connectivity index (χ1) is 5.84. The molecule has 0 heterocycles. The van der Waals surface area contributed by atoms with Crippen molar-refractivity contribution in [2.24, 2.45) is 5.92 Å². The second-order valence-corrected chi connectivity index (χ2v) is 3.36. The summed E-state index contributed by atoms with van der Waals surface area (Å²) in [5.41, 5.74) is 0. The number of esters is 1. The molecule has 69 valence electrons. The molecule has 2 nitrogen and oxygen atoms in total. The van der Waals surface area contributed by atoms with E-state index >= 15 is 0 Å². The van der Waals surface area contributed by atoms with Gasteiger partial charge in [-0.05, 0) is 19.8 Å². The number of ether oxygens (including phenoxy) is 1. The summed E-state index contributed by atoms with van der Waals surface area (Å²) in [7, 11) is 0. The molecule has 1 aliphatic rings. The highest BCUT2D eigenvalue weighted by Gasteiger charge is 2.20. The Bertz CT molecular complexity index is 135. The van der Waals surface area contributed by atoms with Crippen LogP contribution >= 0.6 is 0 Å². The highest BCUT2D eigenvalue weighted by Crippen LogP contribution is 2.23. The molecule has 0 aromatic heterocycles. The normalized spacial score (nSPS) is 20.1. The lowest BCUT2D eigenvalue weighted by atomic mass is 10.0. The second-order valence-electron chi connectivity index (χ2n) is 3.36. The molecule has 2 heteroatoms. The van der Waals surface area contributed by atoms with Gasteiger partial charge < -0.3 is 4.74 Å². The predicted octanol–water partition coefficient (Wildman–Crippen LogP) is 2.68. The SMILES string of the molecule is C[CH]OC(=O)C1CCCCCC1. The Morgan fingerprint density at radius 1 is 1.25 bits per heavy atom. The molecule has 0 aromatic rings. The Kier molecular flexibility index (Phi) is 4.12. The molecule has 1 radical (unpaired) electrons. The Morgan fingerprint density at radius 3 is 2.33 bits per heavy atom. The lowest BCUT2D eigenvalue weighted by molar-refractivity contribution is -0.145. The van der Waals surface area contributed by atoms with Gasteiger partial charge in [-0.3, -0.25) is 4.79 Å². The molecule has 12 heavy (non-hydrogen) atoms. The summed E-state index contributed by atoms with van der Waals surface area (Å²) >= 11 is 0. The third-order valence-electron chi connectivity index (χ3n) is 2.42. The molecular formula is C10H17O2. The quantitative estimate of drug-likeness (QED) is 0.469. The zero-order valence-corrected chi connectivity index (χ0v) is 7.71. The van der Waals surface area contributed by atoms with Gasteiger partial charge >= 0.3 is 5.97 Å². The molecule has 1 saturated carbocycles. The summed E-state index contributed by atoms with van der Waals surface area (Å²) in [6.07, 6.45) is 6.96. The molecule has 0 aromatic carbocycles. The van der Waals surface area contributed by atoms with Crippen molar-refractivity contribution in [2.45, 2.75) is 45.4 Å². The minimum Gasteiger partial charge on any atom is -0.459 e.